The van der Waals surface area contributed by atoms with Crippen LogP contribution in [0, 0.1) is 0 Å². The fourth-order valence-electron chi connectivity index (χ4n) is 1.61. The van der Waals surface area contributed by atoms with E-state index in [9.17, 15) is 14.4 Å². The summed E-state index contributed by atoms with van der Waals surface area (Å²) >= 11 is 0. The highest BCUT2D eigenvalue weighted by Crippen LogP contribution is 2.17. The summed E-state index contributed by atoms with van der Waals surface area (Å²) in [7, 11) is 0. The second-order valence-corrected chi connectivity index (χ2v) is 3.54. The van der Waals surface area contributed by atoms with Gasteiger partial charge in [-0.1, -0.05) is 12.1 Å². The fourth-order valence-corrected chi connectivity index (χ4v) is 1.61. The van der Waals surface area contributed by atoms with Crippen molar-refractivity contribution in [1.82, 2.24) is 0 Å². The lowest BCUT2D eigenvalue weighted by molar-refractivity contribution is -0.136. The summed E-state index contributed by atoms with van der Waals surface area (Å²) < 4.78 is 4.92. The van der Waals surface area contributed by atoms with Gasteiger partial charge in [0.1, 0.15) is 5.58 Å². The predicted molar refractivity (Wildman–Crippen MR) is 59.2 cm³/mol. The van der Waals surface area contributed by atoms with Gasteiger partial charge in [0, 0.05) is 17.0 Å². The van der Waals surface area contributed by atoms with Crippen LogP contribution in [0.25, 0.3) is 11.0 Å². The molecule has 0 amide bonds. The maximum atomic E-state index is 11.2. The molecule has 0 saturated carbocycles. The summed E-state index contributed by atoms with van der Waals surface area (Å²) in [6.45, 7) is 0. The zero-order valence-corrected chi connectivity index (χ0v) is 8.67. The summed E-state index contributed by atoms with van der Waals surface area (Å²) in [4.78, 5) is 32.5. The first-order valence-electron chi connectivity index (χ1n) is 4.84. The Morgan fingerprint density at radius 3 is 2.76 bits per heavy atom. The van der Waals surface area contributed by atoms with E-state index in [1.54, 1.807) is 12.1 Å². The van der Waals surface area contributed by atoms with Crippen molar-refractivity contribution in [3.63, 3.8) is 0 Å². The first-order valence-corrected chi connectivity index (χ1v) is 4.84. The third kappa shape index (κ3) is 2.23. The van der Waals surface area contributed by atoms with E-state index in [0.717, 1.165) is 6.07 Å². The highest BCUT2D eigenvalue weighted by Gasteiger charge is 2.07. The molecule has 5 heteroatoms. The Kier molecular flexibility index (Phi) is 2.74. The summed E-state index contributed by atoms with van der Waals surface area (Å²) in [5.74, 6) is -0.974. The molecular weight excluding hydrogens is 224 g/mol. The molecule has 1 heterocycles. The molecule has 0 bridgehead atoms. The maximum Gasteiger partial charge on any atom is 0.336 e. The molecule has 2 rings (SSSR count). The quantitative estimate of drug-likeness (QED) is 0.635. The van der Waals surface area contributed by atoms with Gasteiger partial charge < -0.3 is 9.52 Å². The van der Waals surface area contributed by atoms with Crippen molar-refractivity contribution < 1.29 is 19.1 Å². The van der Waals surface area contributed by atoms with Gasteiger partial charge in [0.05, 0.1) is 6.42 Å². The molecule has 0 aliphatic carbocycles. The number of benzene rings is 1. The van der Waals surface area contributed by atoms with Gasteiger partial charge in [-0.3, -0.25) is 9.59 Å². The van der Waals surface area contributed by atoms with Crippen LogP contribution in [-0.4, -0.2) is 17.4 Å². The molecule has 0 atom stereocenters. The van der Waals surface area contributed by atoms with Crippen LogP contribution >= 0.6 is 0 Å². The number of aldehydes is 1. The minimum Gasteiger partial charge on any atom is -0.481 e. The van der Waals surface area contributed by atoms with Gasteiger partial charge >= 0.3 is 11.6 Å². The number of carboxylic acids is 1. The Labute approximate surface area is 95.3 Å². The van der Waals surface area contributed by atoms with Crippen LogP contribution in [0.3, 0.4) is 0 Å². The molecule has 0 fully saturated rings. The topological polar surface area (TPSA) is 84.6 Å². The molecule has 0 spiro atoms. The largest absolute Gasteiger partial charge is 0.481 e. The van der Waals surface area contributed by atoms with E-state index in [0.29, 0.717) is 17.2 Å². The lowest BCUT2D eigenvalue weighted by atomic mass is 10.1. The number of carbonyl (C=O) groups excluding carboxylic acids is 1. The number of hydrogen-bond donors (Lipinski definition) is 1. The van der Waals surface area contributed by atoms with E-state index >= 15 is 0 Å². The minimum absolute atomic E-state index is 0.162. The van der Waals surface area contributed by atoms with Crippen molar-refractivity contribution in [2.24, 2.45) is 0 Å². The maximum absolute atomic E-state index is 11.2. The van der Waals surface area contributed by atoms with Crippen molar-refractivity contribution in [1.29, 1.82) is 0 Å². The van der Waals surface area contributed by atoms with Crippen LogP contribution in [0.2, 0.25) is 0 Å². The molecule has 86 valence electrons. The zero-order chi connectivity index (χ0) is 12.4. The van der Waals surface area contributed by atoms with Crippen molar-refractivity contribution in [2.75, 3.05) is 0 Å². The highest BCUT2D eigenvalue weighted by molar-refractivity contribution is 5.95. The number of carbonyl (C=O) groups is 2. The van der Waals surface area contributed by atoms with Gasteiger partial charge in [0.2, 0.25) is 0 Å². The molecule has 2 aromatic rings. The molecule has 0 aliphatic rings. The highest BCUT2D eigenvalue weighted by atomic mass is 16.4. The molecular formula is C12H8O5. The van der Waals surface area contributed by atoms with E-state index in [1.807, 2.05) is 0 Å². The lowest BCUT2D eigenvalue weighted by Gasteiger charge is -2.01. The van der Waals surface area contributed by atoms with E-state index in [-0.39, 0.29) is 17.6 Å². The Balaban J connectivity index is 2.65. The van der Waals surface area contributed by atoms with Gasteiger partial charge in [0.15, 0.2) is 6.29 Å². The SMILES string of the molecule is O=Cc1cc(=O)oc2cc(CC(=O)O)ccc12. The normalized spacial score (nSPS) is 10.4. The van der Waals surface area contributed by atoms with Gasteiger partial charge in [0.25, 0.3) is 0 Å². The standard InChI is InChI=1S/C12H8O5/c13-6-8-5-12(16)17-10-3-7(4-11(14)15)1-2-9(8)10/h1-3,5-6H,4H2,(H,14,15). The molecule has 17 heavy (non-hydrogen) atoms. The average molecular weight is 232 g/mol. The number of fused-ring (bicyclic) bond motifs is 1. The molecule has 1 N–H and O–H groups in total. The summed E-state index contributed by atoms with van der Waals surface area (Å²) in [6.07, 6.45) is 0.404. The van der Waals surface area contributed by atoms with Crippen molar-refractivity contribution in [2.45, 2.75) is 6.42 Å². The van der Waals surface area contributed by atoms with Crippen LogP contribution < -0.4 is 5.63 Å². The lowest BCUT2D eigenvalue weighted by Crippen LogP contribution is -2.02. The van der Waals surface area contributed by atoms with Crippen molar-refractivity contribution in [3.8, 4) is 0 Å². The summed E-state index contributed by atoms with van der Waals surface area (Å²) in [6, 6.07) is 5.72. The van der Waals surface area contributed by atoms with E-state index in [1.165, 1.54) is 6.07 Å². The van der Waals surface area contributed by atoms with Crippen LogP contribution in [0.4, 0.5) is 0 Å². The Morgan fingerprint density at radius 1 is 1.35 bits per heavy atom. The van der Waals surface area contributed by atoms with Crippen molar-refractivity contribution in [3.05, 3.63) is 45.8 Å². The number of carboxylic acid groups (broad SMARTS) is 1. The predicted octanol–water partition coefficient (Wildman–Crippen LogP) is 1.23. The molecule has 0 aliphatic heterocycles. The third-order valence-corrected chi connectivity index (χ3v) is 2.32. The van der Waals surface area contributed by atoms with E-state index in [2.05, 4.69) is 0 Å². The monoisotopic (exact) mass is 232 g/mol. The molecule has 1 aromatic carbocycles. The summed E-state index contributed by atoms with van der Waals surface area (Å²) in [5.41, 5.74) is 0.333. The van der Waals surface area contributed by atoms with Gasteiger partial charge in [-0.05, 0) is 11.6 Å². The molecule has 1 aromatic heterocycles. The molecule has 5 nitrogen and oxygen atoms in total. The fraction of sp³-hybridized carbons (Fsp3) is 0.0833. The smallest absolute Gasteiger partial charge is 0.336 e. The van der Waals surface area contributed by atoms with Gasteiger partial charge in [-0.15, -0.1) is 0 Å². The van der Waals surface area contributed by atoms with Crippen LogP contribution in [0.1, 0.15) is 15.9 Å². The minimum atomic E-state index is -0.974. The first-order chi connectivity index (χ1) is 8.10. The zero-order valence-electron chi connectivity index (χ0n) is 8.67. The van der Waals surface area contributed by atoms with E-state index < -0.39 is 11.6 Å². The van der Waals surface area contributed by atoms with E-state index in [4.69, 9.17) is 9.52 Å². The van der Waals surface area contributed by atoms with Gasteiger partial charge in [-0.2, -0.15) is 0 Å². The molecule has 0 unspecified atom stereocenters. The van der Waals surface area contributed by atoms with Crippen LogP contribution in [0.5, 0.6) is 0 Å². The third-order valence-electron chi connectivity index (χ3n) is 2.32. The van der Waals surface area contributed by atoms with Gasteiger partial charge in [-0.25, -0.2) is 4.79 Å². The molecule has 0 saturated heterocycles. The Bertz CT molecular complexity index is 653. The molecule has 0 radical (unpaired) electrons. The second-order valence-electron chi connectivity index (χ2n) is 3.54. The average Bonchev–Trinajstić information content (AvgIpc) is 2.26. The van der Waals surface area contributed by atoms with Crippen LogP contribution in [0.15, 0.2) is 33.5 Å². The van der Waals surface area contributed by atoms with Crippen molar-refractivity contribution >= 4 is 23.2 Å². The number of aliphatic carboxylic acids is 1. The Hall–Kier alpha value is -2.43. The second kappa shape index (κ2) is 4.21. The number of rotatable bonds is 3. The first kappa shape index (κ1) is 11.1. The summed E-state index contributed by atoms with van der Waals surface area (Å²) in [5, 5.41) is 9.14. The number of hydrogen-bond acceptors (Lipinski definition) is 4. The van der Waals surface area contributed by atoms with Crippen LogP contribution in [-0.2, 0) is 11.2 Å². The Morgan fingerprint density at radius 2 is 2.12 bits per heavy atom.